The molecule has 0 bridgehead atoms. The van der Waals surface area contributed by atoms with E-state index in [1.165, 1.54) is 0 Å². The maximum absolute atomic E-state index is 12.0. The maximum Gasteiger partial charge on any atom is 0.234 e. The summed E-state index contributed by atoms with van der Waals surface area (Å²) >= 11 is 0. The van der Waals surface area contributed by atoms with Crippen molar-refractivity contribution < 1.29 is 18.3 Å². The van der Waals surface area contributed by atoms with E-state index in [4.69, 9.17) is 0 Å². The molecule has 7 heteroatoms. The minimum Gasteiger partial charge on any atom is -0.395 e. The second-order valence-corrected chi connectivity index (χ2v) is 8.08. The van der Waals surface area contributed by atoms with Crippen LogP contribution in [-0.4, -0.2) is 67.1 Å². The van der Waals surface area contributed by atoms with Crippen LogP contribution >= 0.6 is 0 Å². The quantitative estimate of drug-likeness (QED) is 0.703. The van der Waals surface area contributed by atoms with Crippen LogP contribution in [0.25, 0.3) is 0 Å². The van der Waals surface area contributed by atoms with Gasteiger partial charge in [0.1, 0.15) is 0 Å². The molecular weight excluding hydrogens is 268 g/mol. The van der Waals surface area contributed by atoms with E-state index in [0.29, 0.717) is 6.42 Å². The molecule has 2 fully saturated rings. The molecule has 0 spiro atoms. The Hall–Kier alpha value is -0.660. The van der Waals surface area contributed by atoms with Crippen molar-refractivity contribution in [2.75, 3.05) is 31.2 Å². The van der Waals surface area contributed by atoms with E-state index in [-0.39, 0.29) is 36.6 Å². The predicted molar refractivity (Wildman–Crippen MR) is 71.5 cm³/mol. The zero-order valence-electron chi connectivity index (χ0n) is 11.3. The number of nitrogens with zero attached hydrogens (tertiary/aromatic N) is 1. The molecule has 2 unspecified atom stereocenters. The van der Waals surface area contributed by atoms with Crippen LogP contribution in [-0.2, 0) is 14.6 Å². The van der Waals surface area contributed by atoms with E-state index in [2.05, 4.69) is 5.32 Å². The maximum atomic E-state index is 12.0. The van der Waals surface area contributed by atoms with Crippen molar-refractivity contribution in [1.29, 1.82) is 0 Å². The molecule has 19 heavy (non-hydrogen) atoms. The summed E-state index contributed by atoms with van der Waals surface area (Å²) in [6, 6.07) is 0.0610. The molecule has 0 radical (unpaired) electrons. The second kappa shape index (κ2) is 5.38. The second-order valence-electron chi connectivity index (χ2n) is 5.90. The Labute approximate surface area is 114 Å². The first-order valence-electron chi connectivity index (χ1n) is 6.70. The lowest BCUT2D eigenvalue weighted by molar-refractivity contribution is -0.124. The van der Waals surface area contributed by atoms with Gasteiger partial charge in [0.25, 0.3) is 0 Å². The predicted octanol–water partition coefficient (Wildman–Crippen LogP) is -0.863. The Morgan fingerprint density at radius 1 is 1.53 bits per heavy atom. The molecule has 2 N–H and O–H groups in total. The number of carbonyl (C=O) groups excluding carboxylic acids is 1. The molecule has 0 aromatic rings. The van der Waals surface area contributed by atoms with E-state index in [0.717, 1.165) is 19.4 Å². The Balaban J connectivity index is 1.88. The minimum absolute atomic E-state index is 0.0230. The van der Waals surface area contributed by atoms with Crippen LogP contribution in [0.4, 0.5) is 0 Å². The first-order valence-corrected chi connectivity index (χ1v) is 8.52. The SMILES string of the molecule is CC1(NC(=O)CN2CCCC2CO)CCS(=O)(=O)C1. The Bertz CT molecular complexity index is 451. The van der Waals surface area contributed by atoms with Gasteiger partial charge in [0.2, 0.25) is 5.91 Å². The molecule has 0 aliphatic carbocycles. The number of carbonyl (C=O) groups is 1. The highest BCUT2D eigenvalue weighted by Gasteiger charge is 2.39. The van der Waals surface area contributed by atoms with Crippen molar-refractivity contribution in [1.82, 2.24) is 10.2 Å². The lowest BCUT2D eigenvalue weighted by Gasteiger charge is -2.27. The fourth-order valence-corrected chi connectivity index (χ4v) is 5.07. The number of hydrogen-bond acceptors (Lipinski definition) is 5. The summed E-state index contributed by atoms with van der Waals surface area (Å²) in [6.45, 7) is 2.90. The number of aliphatic hydroxyl groups is 1. The molecule has 110 valence electrons. The van der Waals surface area contributed by atoms with Crippen LogP contribution in [0.5, 0.6) is 0 Å². The van der Waals surface area contributed by atoms with E-state index in [9.17, 15) is 18.3 Å². The van der Waals surface area contributed by atoms with E-state index >= 15 is 0 Å². The third kappa shape index (κ3) is 3.67. The van der Waals surface area contributed by atoms with Gasteiger partial charge in [0.15, 0.2) is 9.84 Å². The number of amides is 1. The van der Waals surface area contributed by atoms with Gasteiger partial charge < -0.3 is 10.4 Å². The van der Waals surface area contributed by atoms with Gasteiger partial charge in [-0.3, -0.25) is 9.69 Å². The van der Waals surface area contributed by atoms with Crippen LogP contribution < -0.4 is 5.32 Å². The molecule has 6 nitrogen and oxygen atoms in total. The highest BCUT2D eigenvalue weighted by molar-refractivity contribution is 7.91. The number of likely N-dealkylation sites (tertiary alicyclic amines) is 1. The first-order chi connectivity index (χ1) is 8.84. The Morgan fingerprint density at radius 3 is 2.84 bits per heavy atom. The average Bonchev–Trinajstić information content (AvgIpc) is 2.82. The third-order valence-corrected chi connectivity index (χ3v) is 5.90. The normalized spacial score (nSPS) is 34.5. The summed E-state index contributed by atoms with van der Waals surface area (Å²) in [5.74, 6) is 0.0158. The molecule has 1 amide bonds. The monoisotopic (exact) mass is 290 g/mol. The van der Waals surface area contributed by atoms with Gasteiger partial charge in [-0.05, 0) is 32.7 Å². The lowest BCUT2D eigenvalue weighted by Crippen LogP contribution is -2.51. The number of hydrogen-bond donors (Lipinski definition) is 2. The van der Waals surface area contributed by atoms with Crippen LogP contribution in [0, 0.1) is 0 Å². The zero-order chi connectivity index (χ0) is 14.1. The first kappa shape index (κ1) is 14.7. The van der Waals surface area contributed by atoms with Gasteiger partial charge in [-0.2, -0.15) is 0 Å². The molecular formula is C12H22N2O4S. The average molecular weight is 290 g/mol. The number of sulfone groups is 1. The molecule has 2 saturated heterocycles. The van der Waals surface area contributed by atoms with Crippen molar-refractivity contribution in [2.45, 2.75) is 37.8 Å². The third-order valence-electron chi connectivity index (χ3n) is 4.00. The van der Waals surface area contributed by atoms with Gasteiger partial charge >= 0.3 is 0 Å². The molecule has 2 atom stereocenters. The van der Waals surface area contributed by atoms with Gasteiger partial charge in [0.05, 0.1) is 30.2 Å². The van der Waals surface area contributed by atoms with E-state index in [1.807, 2.05) is 4.90 Å². The smallest absolute Gasteiger partial charge is 0.234 e. The minimum atomic E-state index is -3.01. The van der Waals surface area contributed by atoms with Crippen molar-refractivity contribution in [3.8, 4) is 0 Å². The largest absolute Gasteiger partial charge is 0.395 e. The summed E-state index contributed by atoms with van der Waals surface area (Å²) in [4.78, 5) is 14.0. The molecule has 0 aromatic carbocycles. The van der Waals surface area contributed by atoms with Crippen LogP contribution in [0.2, 0.25) is 0 Å². The molecule has 0 saturated carbocycles. The summed E-state index contributed by atoms with van der Waals surface area (Å²) < 4.78 is 23.0. The Morgan fingerprint density at radius 2 is 2.26 bits per heavy atom. The standard InChI is InChI=1S/C12H22N2O4S/c1-12(4-6-19(17,18)9-12)13-11(16)7-14-5-2-3-10(14)8-15/h10,15H,2-9H2,1H3,(H,13,16). The summed E-state index contributed by atoms with van der Waals surface area (Å²) in [6.07, 6.45) is 2.38. The van der Waals surface area contributed by atoms with Crippen LogP contribution in [0.3, 0.4) is 0 Å². The molecule has 2 aliphatic heterocycles. The van der Waals surface area contributed by atoms with E-state index in [1.54, 1.807) is 6.92 Å². The summed E-state index contributed by atoms with van der Waals surface area (Å²) in [5, 5.41) is 12.0. The van der Waals surface area contributed by atoms with Crippen molar-refractivity contribution in [2.24, 2.45) is 0 Å². The van der Waals surface area contributed by atoms with Crippen LogP contribution in [0.1, 0.15) is 26.2 Å². The fourth-order valence-electron chi connectivity index (χ4n) is 2.98. The molecule has 0 aromatic heterocycles. The van der Waals surface area contributed by atoms with Crippen molar-refractivity contribution in [3.05, 3.63) is 0 Å². The van der Waals surface area contributed by atoms with Crippen molar-refractivity contribution in [3.63, 3.8) is 0 Å². The zero-order valence-corrected chi connectivity index (χ0v) is 12.1. The Kier molecular flexibility index (Phi) is 4.17. The highest BCUT2D eigenvalue weighted by atomic mass is 32.2. The van der Waals surface area contributed by atoms with Crippen molar-refractivity contribution >= 4 is 15.7 Å². The molecule has 2 rings (SSSR count). The summed E-state index contributed by atoms with van der Waals surface area (Å²) in [7, 11) is -3.01. The highest BCUT2D eigenvalue weighted by Crippen LogP contribution is 2.23. The number of aliphatic hydroxyl groups excluding tert-OH is 1. The van der Waals surface area contributed by atoms with Gasteiger partial charge in [-0.15, -0.1) is 0 Å². The van der Waals surface area contributed by atoms with Gasteiger partial charge in [0, 0.05) is 6.04 Å². The number of nitrogens with one attached hydrogen (secondary N) is 1. The van der Waals surface area contributed by atoms with Gasteiger partial charge in [-0.25, -0.2) is 8.42 Å². The van der Waals surface area contributed by atoms with Crippen LogP contribution in [0.15, 0.2) is 0 Å². The van der Waals surface area contributed by atoms with Gasteiger partial charge in [-0.1, -0.05) is 0 Å². The van der Waals surface area contributed by atoms with E-state index < -0.39 is 15.4 Å². The fraction of sp³-hybridized carbons (Fsp3) is 0.917. The number of rotatable bonds is 4. The lowest BCUT2D eigenvalue weighted by atomic mass is 10.0. The molecule has 2 aliphatic rings. The topological polar surface area (TPSA) is 86.7 Å². The molecule has 2 heterocycles. The summed E-state index contributed by atoms with van der Waals surface area (Å²) in [5.41, 5.74) is -0.635.